The standard InChI is InChI=1S/C15H17FN2OS/c1-9-8-17-5-4-12(9)18-15(19)14-7-10-6-11(16)2-3-13(10)20-14/h2-3,6-7,9,12,17H,4-5,8H2,1H3,(H,18,19). The number of piperidine rings is 1. The van der Waals surface area contributed by atoms with Gasteiger partial charge in [0.05, 0.1) is 4.88 Å². The van der Waals surface area contributed by atoms with Crippen LogP contribution in [0.25, 0.3) is 10.1 Å². The minimum absolute atomic E-state index is 0.0506. The van der Waals surface area contributed by atoms with Crippen molar-refractivity contribution in [1.82, 2.24) is 10.6 Å². The van der Waals surface area contributed by atoms with Crippen LogP contribution in [0.1, 0.15) is 23.0 Å². The fourth-order valence-corrected chi connectivity index (χ4v) is 3.54. The first-order valence-corrected chi connectivity index (χ1v) is 7.66. The number of carbonyl (C=O) groups excluding carboxylic acids is 1. The van der Waals surface area contributed by atoms with Crippen LogP contribution < -0.4 is 10.6 Å². The molecule has 1 aromatic carbocycles. The number of thiophene rings is 1. The van der Waals surface area contributed by atoms with Gasteiger partial charge in [-0.15, -0.1) is 11.3 Å². The fraction of sp³-hybridized carbons (Fsp3) is 0.400. The van der Waals surface area contributed by atoms with Gasteiger partial charge in [0.25, 0.3) is 5.91 Å². The molecule has 3 nitrogen and oxygen atoms in total. The number of fused-ring (bicyclic) bond motifs is 1. The number of benzene rings is 1. The van der Waals surface area contributed by atoms with Crippen LogP contribution in [0, 0.1) is 11.7 Å². The molecule has 2 N–H and O–H groups in total. The summed E-state index contributed by atoms with van der Waals surface area (Å²) in [6, 6.07) is 6.60. The van der Waals surface area contributed by atoms with Crippen molar-refractivity contribution in [2.24, 2.45) is 5.92 Å². The van der Waals surface area contributed by atoms with Crippen LogP contribution in [0.5, 0.6) is 0 Å². The number of hydrogen-bond acceptors (Lipinski definition) is 3. The number of amides is 1. The van der Waals surface area contributed by atoms with Crippen molar-refractivity contribution in [3.8, 4) is 0 Å². The van der Waals surface area contributed by atoms with E-state index in [4.69, 9.17) is 0 Å². The molecule has 1 aliphatic heterocycles. The number of rotatable bonds is 2. The zero-order valence-corrected chi connectivity index (χ0v) is 12.1. The Hall–Kier alpha value is -1.46. The minimum atomic E-state index is -0.269. The zero-order valence-electron chi connectivity index (χ0n) is 11.3. The Morgan fingerprint density at radius 1 is 1.45 bits per heavy atom. The fourth-order valence-electron chi connectivity index (χ4n) is 2.59. The highest BCUT2D eigenvalue weighted by Crippen LogP contribution is 2.26. The lowest BCUT2D eigenvalue weighted by Crippen LogP contribution is -2.48. The van der Waals surface area contributed by atoms with Crippen LogP contribution in [0.3, 0.4) is 0 Å². The highest BCUT2D eigenvalue weighted by molar-refractivity contribution is 7.20. The molecule has 1 aromatic heterocycles. The molecule has 1 saturated heterocycles. The smallest absolute Gasteiger partial charge is 0.261 e. The van der Waals surface area contributed by atoms with Crippen LogP contribution in [-0.2, 0) is 0 Å². The first-order chi connectivity index (χ1) is 9.63. The van der Waals surface area contributed by atoms with Crippen LogP contribution in [0.2, 0.25) is 0 Å². The summed E-state index contributed by atoms with van der Waals surface area (Å²) in [6.07, 6.45) is 0.951. The average molecular weight is 292 g/mol. The van der Waals surface area contributed by atoms with E-state index >= 15 is 0 Å². The number of nitrogens with one attached hydrogen (secondary N) is 2. The molecular formula is C15H17FN2OS. The van der Waals surface area contributed by atoms with Gasteiger partial charge >= 0.3 is 0 Å². The largest absolute Gasteiger partial charge is 0.348 e. The lowest BCUT2D eigenvalue weighted by molar-refractivity contribution is 0.0918. The van der Waals surface area contributed by atoms with E-state index in [1.165, 1.54) is 23.5 Å². The average Bonchev–Trinajstić information content (AvgIpc) is 2.84. The number of hydrogen-bond donors (Lipinski definition) is 2. The van der Waals surface area contributed by atoms with Crippen molar-refractivity contribution >= 4 is 27.3 Å². The molecule has 2 heterocycles. The van der Waals surface area contributed by atoms with E-state index in [1.807, 2.05) is 0 Å². The first kappa shape index (κ1) is 13.5. The van der Waals surface area contributed by atoms with E-state index < -0.39 is 0 Å². The molecule has 2 unspecified atom stereocenters. The van der Waals surface area contributed by atoms with E-state index in [0.29, 0.717) is 10.8 Å². The molecule has 1 aliphatic rings. The summed E-state index contributed by atoms with van der Waals surface area (Å²) in [5, 5.41) is 7.20. The topological polar surface area (TPSA) is 41.1 Å². The van der Waals surface area contributed by atoms with Crippen LogP contribution in [0.4, 0.5) is 4.39 Å². The second-order valence-electron chi connectivity index (χ2n) is 5.34. The summed E-state index contributed by atoms with van der Waals surface area (Å²) >= 11 is 1.41. The lowest BCUT2D eigenvalue weighted by atomic mass is 9.95. The second-order valence-corrected chi connectivity index (χ2v) is 6.43. The van der Waals surface area contributed by atoms with Crippen LogP contribution in [0.15, 0.2) is 24.3 Å². The van der Waals surface area contributed by atoms with Crippen molar-refractivity contribution in [3.63, 3.8) is 0 Å². The molecule has 106 valence electrons. The predicted octanol–water partition coefficient (Wildman–Crippen LogP) is 2.77. The minimum Gasteiger partial charge on any atom is -0.348 e. The summed E-state index contributed by atoms with van der Waals surface area (Å²) in [6.45, 7) is 4.01. The third-order valence-corrected chi connectivity index (χ3v) is 4.92. The van der Waals surface area contributed by atoms with Crippen molar-refractivity contribution in [3.05, 3.63) is 35.0 Å². The van der Waals surface area contributed by atoms with E-state index in [2.05, 4.69) is 17.6 Å². The van der Waals surface area contributed by atoms with E-state index in [9.17, 15) is 9.18 Å². The van der Waals surface area contributed by atoms with Crippen LogP contribution in [-0.4, -0.2) is 25.0 Å². The second kappa shape index (κ2) is 5.50. The molecule has 1 amide bonds. The van der Waals surface area contributed by atoms with E-state index in [-0.39, 0.29) is 17.8 Å². The monoisotopic (exact) mass is 292 g/mol. The summed E-state index contributed by atoms with van der Waals surface area (Å²) in [5.74, 6) is 0.110. The van der Waals surface area contributed by atoms with Crippen molar-refractivity contribution in [1.29, 1.82) is 0 Å². The Kier molecular flexibility index (Phi) is 3.72. The normalized spacial score (nSPS) is 22.9. The summed E-state index contributed by atoms with van der Waals surface area (Å²) in [7, 11) is 0. The van der Waals surface area contributed by atoms with Crippen molar-refractivity contribution in [2.75, 3.05) is 13.1 Å². The molecular weight excluding hydrogens is 275 g/mol. The molecule has 5 heteroatoms. The number of carbonyl (C=O) groups is 1. The maximum Gasteiger partial charge on any atom is 0.261 e. The highest BCUT2D eigenvalue weighted by atomic mass is 32.1. The summed E-state index contributed by atoms with van der Waals surface area (Å²) in [5.41, 5.74) is 0. The maximum atomic E-state index is 13.2. The molecule has 1 fully saturated rings. The molecule has 2 aromatic rings. The third kappa shape index (κ3) is 2.69. The predicted molar refractivity (Wildman–Crippen MR) is 79.7 cm³/mol. The quantitative estimate of drug-likeness (QED) is 0.893. The Morgan fingerprint density at radius 3 is 3.10 bits per heavy atom. The first-order valence-electron chi connectivity index (χ1n) is 6.84. The SMILES string of the molecule is CC1CNCCC1NC(=O)c1cc2cc(F)ccc2s1. The molecule has 2 atom stereocenters. The molecule has 0 spiro atoms. The maximum absolute atomic E-state index is 13.2. The van der Waals surface area contributed by atoms with Gasteiger partial charge in [0.15, 0.2) is 0 Å². The van der Waals surface area contributed by atoms with Gasteiger partial charge < -0.3 is 10.6 Å². The van der Waals surface area contributed by atoms with Gasteiger partial charge in [-0.1, -0.05) is 6.92 Å². The Labute approximate surface area is 121 Å². The van der Waals surface area contributed by atoms with Gasteiger partial charge in [-0.3, -0.25) is 4.79 Å². The molecule has 0 radical (unpaired) electrons. The van der Waals surface area contributed by atoms with Gasteiger partial charge in [0.2, 0.25) is 0 Å². The van der Waals surface area contributed by atoms with Gasteiger partial charge in [0.1, 0.15) is 5.82 Å². The van der Waals surface area contributed by atoms with Gasteiger partial charge in [0, 0.05) is 10.7 Å². The molecule has 20 heavy (non-hydrogen) atoms. The molecule has 0 aliphatic carbocycles. The van der Waals surface area contributed by atoms with Crippen molar-refractivity contribution < 1.29 is 9.18 Å². The molecule has 3 rings (SSSR count). The zero-order chi connectivity index (χ0) is 14.1. The molecule has 0 saturated carbocycles. The summed E-state index contributed by atoms with van der Waals surface area (Å²) in [4.78, 5) is 12.9. The van der Waals surface area contributed by atoms with E-state index in [0.717, 1.165) is 29.6 Å². The lowest BCUT2D eigenvalue weighted by Gasteiger charge is -2.30. The van der Waals surface area contributed by atoms with Crippen molar-refractivity contribution in [2.45, 2.75) is 19.4 Å². The number of halogens is 1. The Balaban J connectivity index is 1.78. The summed E-state index contributed by atoms with van der Waals surface area (Å²) < 4.78 is 14.1. The molecule has 0 bridgehead atoms. The Morgan fingerprint density at radius 2 is 2.30 bits per heavy atom. The van der Waals surface area contributed by atoms with Gasteiger partial charge in [-0.25, -0.2) is 4.39 Å². The Bertz CT molecular complexity index is 640. The van der Waals surface area contributed by atoms with Crippen LogP contribution >= 0.6 is 11.3 Å². The van der Waals surface area contributed by atoms with Gasteiger partial charge in [-0.2, -0.15) is 0 Å². The third-order valence-electron chi connectivity index (χ3n) is 3.80. The van der Waals surface area contributed by atoms with Gasteiger partial charge in [-0.05, 0) is 55.1 Å². The highest BCUT2D eigenvalue weighted by Gasteiger charge is 2.23. The van der Waals surface area contributed by atoms with E-state index in [1.54, 1.807) is 12.1 Å².